The lowest BCUT2D eigenvalue weighted by atomic mass is 10.1. The van der Waals surface area contributed by atoms with Gasteiger partial charge in [-0.1, -0.05) is 31.5 Å². The topological polar surface area (TPSA) is 51.2 Å². The number of amides is 1. The molecule has 2 rings (SSSR count). The molecule has 0 saturated carbocycles. The van der Waals surface area contributed by atoms with Crippen molar-refractivity contribution in [1.29, 1.82) is 0 Å². The molecule has 0 saturated heterocycles. The van der Waals surface area contributed by atoms with Crippen LogP contribution in [0.2, 0.25) is 0 Å². The SMILES string of the molecule is CCN(CC)CCN(C(=O)c1cc(OC)c(OC)c(OC)c1)c1ccc(C)cc1. The van der Waals surface area contributed by atoms with Gasteiger partial charge in [0.1, 0.15) is 0 Å². The number of hydrogen-bond donors (Lipinski definition) is 0. The zero-order valence-electron chi connectivity index (χ0n) is 18.3. The lowest BCUT2D eigenvalue weighted by molar-refractivity contribution is 0.0983. The zero-order chi connectivity index (χ0) is 21.4. The molecule has 158 valence electrons. The van der Waals surface area contributed by atoms with Crippen LogP contribution in [0, 0.1) is 6.92 Å². The molecule has 0 aliphatic heterocycles. The minimum Gasteiger partial charge on any atom is -0.493 e. The molecule has 0 aromatic heterocycles. The van der Waals surface area contributed by atoms with Gasteiger partial charge in [0, 0.05) is 24.3 Å². The number of methoxy groups -OCH3 is 3. The van der Waals surface area contributed by atoms with E-state index >= 15 is 0 Å². The Morgan fingerprint density at radius 2 is 1.41 bits per heavy atom. The molecule has 0 atom stereocenters. The number of rotatable bonds is 10. The highest BCUT2D eigenvalue weighted by Gasteiger charge is 2.22. The highest BCUT2D eigenvalue weighted by molar-refractivity contribution is 6.06. The molecule has 0 bridgehead atoms. The highest BCUT2D eigenvalue weighted by Crippen LogP contribution is 2.38. The van der Waals surface area contributed by atoms with Gasteiger partial charge in [0.05, 0.1) is 21.3 Å². The number of carbonyl (C=O) groups excluding carboxylic acids is 1. The van der Waals surface area contributed by atoms with E-state index < -0.39 is 0 Å². The molecule has 0 aliphatic carbocycles. The summed E-state index contributed by atoms with van der Waals surface area (Å²) in [5.74, 6) is 1.28. The van der Waals surface area contributed by atoms with Gasteiger partial charge >= 0.3 is 0 Å². The Balaban J connectivity index is 2.44. The lowest BCUT2D eigenvalue weighted by Gasteiger charge is -2.27. The second kappa shape index (κ2) is 10.7. The molecule has 1 amide bonds. The van der Waals surface area contributed by atoms with Crippen LogP contribution in [-0.2, 0) is 0 Å². The lowest BCUT2D eigenvalue weighted by Crippen LogP contribution is -2.39. The van der Waals surface area contributed by atoms with Crippen LogP contribution in [-0.4, -0.2) is 58.3 Å². The number of ether oxygens (including phenoxy) is 3. The van der Waals surface area contributed by atoms with Gasteiger partial charge in [0.2, 0.25) is 5.75 Å². The number of hydrogen-bond acceptors (Lipinski definition) is 5. The normalized spacial score (nSPS) is 10.7. The van der Waals surface area contributed by atoms with Crippen LogP contribution >= 0.6 is 0 Å². The third-order valence-electron chi connectivity index (χ3n) is 5.04. The second-order valence-corrected chi connectivity index (χ2v) is 6.73. The monoisotopic (exact) mass is 400 g/mol. The summed E-state index contributed by atoms with van der Waals surface area (Å²) in [6, 6.07) is 11.4. The summed E-state index contributed by atoms with van der Waals surface area (Å²) in [7, 11) is 4.64. The Labute approximate surface area is 174 Å². The van der Waals surface area contributed by atoms with Gasteiger partial charge in [0.25, 0.3) is 5.91 Å². The number of carbonyl (C=O) groups is 1. The van der Waals surface area contributed by atoms with Crippen molar-refractivity contribution >= 4 is 11.6 Å². The van der Waals surface area contributed by atoms with Crippen LogP contribution in [0.25, 0.3) is 0 Å². The molecule has 0 aliphatic rings. The Morgan fingerprint density at radius 3 is 1.86 bits per heavy atom. The van der Waals surface area contributed by atoms with E-state index in [4.69, 9.17) is 14.2 Å². The second-order valence-electron chi connectivity index (χ2n) is 6.73. The summed E-state index contributed by atoms with van der Waals surface area (Å²) in [5, 5.41) is 0. The molecule has 6 nitrogen and oxygen atoms in total. The largest absolute Gasteiger partial charge is 0.493 e. The minimum absolute atomic E-state index is 0.111. The maximum Gasteiger partial charge on any atom is 0.258 e. The predicted octanol–water partition coefficient (Wildman–Crippen LogP) is 4.01. The molecule has 29 heavy (non-hydrogen) atoms. The van der Waals surface area contributed by atoms with E-state index in [-0.39, 0.29) is 5.91 Å². The molecule has 0 unspecified atom stereocenters. The Hall–Kier alpha value is -2.73. The van der Waals surface area contributed by atoms with Crippen LogP contribution in [0.4, 0.5) is 5.69 Å². The van der Waals surface area contributed by atoms with Crippen LogP contribution < -0.4 is 19.1 Å². The number of anilines is 1. The van der Waals surface area contributed by atoms with E-state index in [1.165, 1.54) is 0 Å². The van der Waals surface area contributed by atoms with Gasteiger partial charge in [-0.15, -0.1) is 0 Å². The maximum atomic E-state index is 13.5. The van der Waals surface area contributed by atoms with Crippen LogP contribution in [0.1, 0.15) is 29.8 Å². The fourth-order valence-electron chi connectivity index (χ4n) is 3.21. The van der Waals surface area contributed by atoms with Crippen molar-refractivity contribution in [2.45, 2.75) is 20.8 Å². The molecule has 0 N–H and O–H groups in total. The average molecular weight is 401 g/mol. The first-order valence-corrected chi connectivity index (χ1v) is 9.89. The van der Waals surface area contributed by atoms with Crippen molar-refractivity contribution in [2.24, 2.45) is 0 Å². The van der Waals surface area contributed by atoms with Gasteiger partial charge in [0.15, 0.2) is 11.5 Å². The highest BCUT2D eigenvalue weighted by atomic mass is 16.5. The van der Waals surface area contributed by atoms with Crippen molar-refractivity contribution in [2.75, 3.05) is 52.4 Å². The first-order chi connectivity index (χ1) is 14.0. The van der Waals surface area contributed by atoms with Crippen molar-refractivity contribution in [1.82, 2.24) is 4.90 Å². The molecule has 0 heterocycles. The maximum absolute atomic E-state index is 13.5. The molecule has 2 aromatic rings. The summed E-state index contributed by atoms with van der Waals surface area (Å²) < 4.78 is 16.2. The zero-order valence-corrected chi connectivity index (χ0v) is 18.3. The molecule has 0 spiro atoms. The molecule has 0 radical (unpaired) electrons. The van der Waals surface area contributed by atoms with E-state index in [2.05, 4.69) is 18.7 Å². The van der Waals surface area contributed by atoms with Crippen molar-refractivity contribution in [3.8, 4) is 17.2 Å². The Bertz CT molecular complexity index is 776. The van der Waals surface area contributed by atoms with Gasteiger partial charge in [-0.05, 0) is 44.3 Å². The van der Waals surface area contributed by atoms with E-state index in [9.17, 15) is 4.79 Å². The van der Waals surface area contributed by atoms with Gasteiger partial charge < -0.3 is 24.0 Å². The summed E-state index contributed by atoms with van der Waals surface area (Å²) in [6.45, 7) is 9.54. The quantitative estimate of drug-likeness (QED) is 0.603. The molecular formula is C23H32N2O4. The van der Waals surface area contributed by atoms with Crippen LogP contribution in [0.3, 0.4) is 0 Å². The van der Waals surface area contributed by atoms with Crippen LogP contribution in [0.15, 0.2) is 36.4 Å². The fraction of sp³-hybridized carbons (Fsp3) is 0.435. The molecule has 6 heteroatoms. The molecular weight excluding hydrogens is 368 g/mol. The minimum atomic E-state index is -0.111. The number of likely N-dealkylation sites (N-methyl/N-ethyl adjacent to an activating group) is 1. The first-order valence-electron chi connectivity index (χ1n) is 9.89. The Kier molecular flexibility index (Phi) is 8.34. The van der Waals surface area contributed by atoms with E-state index in [0.29, 0.717) is 29.4 Å². The Morgan fingerprint density at radius 1 is 0.862 bits per heavy atom. The van der Waals surface area contributed by atoms with E-state index in [0.717, 1.165) is 30.9 Å². The predicted molar refractivity (Wildman–Crippen MR) is 117 cm³/mol. The standard InChI is InChI=1S/C23H32N2O4/c1-7-24(8-2)13-14-25(19-11-9-17(3)10-12-19)23(26)18-15-20(27-4)22(29-6)21(16-18)28-5/h9-12,15-16H,7-8,13-14H2,1-6H3. The number of benzene rings is 2. The summed E-state index contributed by atoms with van der Waals surface area (Å²) in [6.07, 6.45) is 0. The van der Waals surface area contributed by atoms with E-state index in [1.54, 1.807) is 38.4 Å². The fourth-order valence-corrected chi connectivity index (χ4v) is 3.21. The van der Waals surface area contributed by atoms with Gasteiger partial charge in [-0.2, -0.15) is 0 Å². The van der Waals surface area contributed by atoms with Crippen molar-refractivity contribution in [3.05, 3.63) is 47.5 Å². The summed E-state index contributed by atoms with van der Waals surface area (Å²) in [5.41, 5.74) is 2.50. The number of aryl methyl sites for hydroxylation is 1. The van der Waals surface area contributed by atoms with E-state index in [1.807, 2.05) is 31.2 Å². The van der Waals surface area contributed by atoms with Crippen molar-refractivity contribution < 1.29 is 19.0 Å². The van der Waals surface area contributed by atoms with Crippen LogP contribution in [0.5, 0.6) is 17.2 Å². The number of nitrogens with zero attached hydrogens (tertiary/aromatic N) is 2. The summed E-state index contributed by atoms with van der Waals surface area (Å²) in [4.78, 5) is 17.6. The third kappa shape index (κ3) is 5.41. The first kappa shape index (κ1) is 22.6. The summed E-state index contributed by atoms with van der Waals surface area (Å²) >= 11 is 0. The van der Waals surface area contributed by atoms with Gasteiger partial charge in [-0.25, -0.2) is 0 Å². The van der Waals surface area contributed by atoms with Crippen molar-refractivity contribution in [3.63, 3.8) is 0 Å². The van der Waals surface area contributed by atoms with Gasteiger partial charge in [-0.3, -0.25) is 4.79 Å². The molecule has 2 aromatic carbocycles. The average Bonchev–Trinajstić information content (AvgIpc) is 2.76. The third-order valence-corrected chi connectivity index (χ3v) is 5.04. The smallest absolute Gasteiger partial charge is 0.258 e. The molecule has 0 fully saturated rings.